The van der Waals surface area contributed by atoms with Crippen molar-refractivity contribution in [3.05, 3.63) is 54.1 Å². The first-order valence-electron chi connectivity index (χ1n) is 10.7. The Kier molecular flexibility index (Phi) is 8.91. The zero-order chi connectivity index (χ0) is 22.1. The average molecular weight is 444 g/mol. The predicted octanol–water partition coefficient (Wildman–Crippen LogP) is 3.82. The summed E-state index contributed by atoms with van der Waals surface area (Å²) in [5, 5.41) is 14.1. The van der Waals surface area contributed by atoms with E-state index in [-0.39, 0.29) is 6.54 Å². The number of benzene rings is 2. The van der Waals surface area contributed by atoms with Crippen LogP contribution in [0.5, 0.6) is 11.5 Å². The van der Waals surface area contributed by atoms with Crippen LogP contribution in [0.4, 0.5) is 0 Å². The van der Waals surface area contributed by atoms with Gasteiger partial charge in [-0.05, 0) is 49.1 Å². The Morgan fingerprint density at radius 2 is 1.90 bits per heavy atom. The molecule has 6 nitrogen and oxygen atoms in total. The first-order valence-corrected chi connectivity index (χ1v) is 11.7. The lowest BCUT2D eigenvalue weighted by atomic mass is 10.1. The highest BCUT2D eigenvalue weighted by atomic mass is 32.2. The van der Waals surface area contributed by atoms with Gasteiger partial charge < -0.3 is 24.8 Å². The van der Waals surface area contributed by atoms with Crippen molar-refractivity contribution in [3.8, 4) is 11.5 Å². The lowest BCUT2D eigenvalue weighted by molar-refractivity contribution is 0.185. The van der Waals surface area contributed by atoms with Crippen LogP contribution >= 0.6 is 11.8 Å². The van der Waals surface area contributed by atoms with Crippen molar-refractivity contribution in [3.63, 3.8) is 0 Å². The van der Waals surface area contributed by atoms with E-state index in [1.54, 1.807) is 20.3 Å². The molecule has 1 fully saturated rings. The third kappa shape index (κ3) is 6.80. The van der Waals surface area contributed by atoms with Crippen molar-refractivity contribution in [2.45, 2.75) is 24.3 Å². The summed E-state index contributed by atoms with van der Waals surface area (Å²) in [7, 11) is 3.21. The smallest absolute Gasteiger partial charge is 0.194 e. The molecular weight excluding hydrogens is 410 g/mol. The highest BCUT2D eigenvalue weighted by Gasteiger charge is 2.25. The second-order valence-corrected chi connectivity index (χ2v) is 8.67. The first kappa shape index (κ1) is 23.3. The number of hydrogen-bond donors (Lipinski definition) is 2. The summed E-state index contributed by atoms with van der Waals surface area (Å²) in [6.45, 7) is 5.10. The fraction of sp³-hybridized carbons (Fsp3) is 0.458. The third-order valence-corrected chi connectivity index (χ3v) is 6.57. The second-order valence-electron chi connectivity index (χ2n) is 7.58. The van der Waals surface area contributed by atoms with E-state index >= 15 is 0 Å². The molecule has 2 N–H and O–H groups in total. The normalized spacial score (nSPS) is 17.5. The van der Waals surface area contributed by atoms with Gasteiger partial charge in [-0.2, -0.15) is 0 Å². The fourth-order valence-corrected chi connectivity index (χ4v) is 4.67. The van der Waals surface area contributed by atoms with Gasteiger partial charge in [0.15, 0.2) is 5.96 Å². The number of ether oxygens (including phenoxy) is 2. The number of aliphatic hydroxyl groups excluding tert-OH is 1. The summed E-state index contributed by atoms with van der Waals surface area (Å²) in [6, 6.07) is 16.0. The summed E-state index contributed by atoms with van der Waals surface area (Å²) >= 11 is 1.92. The summed E-state index contributed by atoms with van der Waals surface area (Å²) in [6.07, 6.45) is 0.421. The number of guanidine groups is 1. The largest absolute Gasteiger partial charge is 0.497 e. The Hall–Kier alpha value is -2.38. The minimum atomic E-state index is -0.732. The summed E-state index contributed by atoms with van der Waals surface area (Å²) in [5.74, 6) is 3.90. The second kappa shape index (κ2) is 11.9. The number of hydrogen-bond acceptors (Lipinski definition) is 5. The van der Waals surface area contributed by atoms with Gasteiger partial charge >= 0.3 is 0 Å². The van der Waals surface area contributed by atoms with Gasteiger partial charge in [0, 0.05) is 36.3 Å². The van der Waals surface area contributed by atoms with Crippen molar-refractivity contribution in [2.24, 2.45) is 10.9 Å². The molecular formula is C24H33N3O3S. The molecule has 1 heterocycles. The van der Waals surface area contributed by atoms with Gasteiger partial charge in [-0.3, -0.25) is 4.99 Å². The standard InChI is InChI=1S/C24H33N3O3S/c1-4-25-24(26-15-23(28)19-12-20(29-2)14-21(13-19)30-3)27-11-10-18(16-27)17-31-22-8-6-5-7-9-22/h5-9,12-14,18,23,28H,4,10-11,15-17H2,1-3H3,(H,25,26). The van der Waals surface area contributed by atoms with Crippen LogP contribution in [0.15, 0.2) is 58.4 Å². The van der Waals surface area contributed by atoms with E-state index in [0.717, 1.165) is 43.3 Å². The Bertz CT molecular complexity index is 825. The van der Waals surface area contributed by atoms with E-state index in [1.165, 1.54) is 4.90 Å². The van der Waals surface area contributed by atoms with Crippen LogP contribution in [0.2, 0.25) is 0 Å². The van der Waals surface area contributed by atoms with E-state index in [4.69, 9.17) is 14.5 Å². The summed E-state index contributed by atoms with van der Waals surface area (Å²) in [4.78, 5) is 8.35. The van der Waals surface area contributed by atoms with Crippen LogP contribution < -0.4 is 14.8 Å². The molecule has 7 heteroatoms. The molecule has 0 aromatic heterocycles. The molecule has 1 aliphatic heterocycles. The van der Waals surface area contributed by atoms with E-state index in [0.29, 0.717) is 17.4 Å². The zero-order valence-electron chi connectivity index (χ0n) is 18.6. The maximum absolute atomic E-state index is 10.7. The van der Waals surface area contributed by atoms with Gasteiger partial charge in [0.25, 0.3) is 0 Å². The molecule has 1 saturated heterocycles. The maximum atomic E-state index is 10.7. The van der Waals surface area contributed by atoms with Crippen LogP contribution in [-0.4, -0.2) is 62.1 Å². The van der Waals surface area contributed by atoms with E-state index < -0.39 is 6.10 Å². The van der Waals surface area contributed by atoms with Crippen LogP contribution in [0.1, 0.15) is 25.0 Å². The molecule has 0 aliphatic carbocycles. The van der Waals surface area contributed by atoms with Crippen LogP contribution in [0, 0.1) is 5.92 Å². The number of rotatable bonds is 9. The molecule has 0 spiro atoms. The monoisotopic (exact) mass is 443 g/mol. The molecule has 2 unspecified atom stereocenters. The van der Waals surface area contributed by atoms with Crippen molar-refractivity contribution in [2.75, 3.05) is 46.2 Å². The van der Waals surface area contributed by atoms with Gasteiger partial charge in [0.1, 0.15) is 11.5 Å². The molecule has 168 valence electrons. The van der Waals surface area contributed by atoms with Crippen molar-refractivity contribution in [1.82, 2.24) is 10.2 Å². The van der Waals surface area contributed by atoms with Gasteiger partial charge in [-0.15, -0.1) is 11.8 Å². The molecule has 0 radical (unpaired) electrons. The topological polar surface area (TPSA) is 66.3 Å². The van der Waals surface area contributed by atoms with E-state index in [9.17, 15) is 5.11 Å². The Morgan fingerprint density at radius 1 is 1.19 bits per heavy atom. The van der Waals surface area contributed by atoms with Gasteiger partial charge in [0.05, 0.1) is 26.9 Å². The first-order chi connectivity index (χ1) is 15.1. The molecule has 2 atom stereocenters. The molecule has 0 saturated carbocycles. The Morgan fingerprint density at radius 3 is 2.55 bits per heavy atom. The molecule has 0 bridgehead atoms. The Balaban J connectivity index is 1.59. The number of nitrogens with one attached hydrogen (secondary N) is 1. The SMILES string of the molecule is CCNC(=NCC(O)c1cc(OC)cc(OC)c1)N1CCC(CSc2ccccc2)C1. The third-order valence-electron chi connectivity index (χ3n) is 5.32. The van der Waals surface area contributed by atoms with Crippen molar-refractivity contribution >= 4 is 17.7 Å². The molecule has 2 aromatic carbocycles. The quantitative estimate of drug-likeness (QED) is 0.349. The molecule has 0 amide bonds. The minimum Gasteiger partial charge on any atom is -0.497 e. The van der Waals surface area contributed by atoms with Crippen molar-refractivity contribution < 1.29 is 14.6 Å². The van der Waals surface area contributed by atoms with E-state index in [1.807, 2.05) is 23.9 Å². The van der Waals surface area contributed by atoms with E-state index in [2.05, 4.69) is 47.5 Å². The highest BCUT2D eigenvalue weighted by Crippen LogP contribution is 2.28. The number of thioether (sulfide) groups is 1. The van der Waals surface area contributed by atoms with Gasteiger partial charge in [-0.1, -0.05) is 18.2 Å². The van der Waals surface area contributed by atoms with Crippen molar-refractivity contribution in [1.29, 1.82) is 0 Å². The van der Waals surface area contributed by atoms with Crippen LogP contribution in [-0.2, 0) is 0 Å². The predicted molar refractivity (Wildman–Crippen MR) is 127 cm³/mol. The average Bonchev–Trinajstić information content (AvgIpc) is 3.29. The number of aliphatic imine (C=N–C) groups is 1. The number of likely N-dealkylation sites (tertiary alicyclic amines) is 1. The maximum Gasteiger partial charge on any atom is 0.194 e. The number of methoxy groups -OCH3 is 2. The summed E-state index contributed by atoms with van der Waals surface area (Å²) < 4.78 is 10.6. The molecule has 31 heavy (non-hydrogen) atoms. The Labute approximate surface area is 189 Å². The van der Waals surface area contributed by atoms with Crippen LogP contribution in [0.3, 0.4) is 0 Å². The summed E-state index contributed by atoms with van der Waals surface area (Å²) in [5.41, 5.74) is 0.731. The zero-order valence-corrected chi connectivity index (χ0v) is 19.4. The lowest BCUT2D eigenvalue weighted by Crippen LogP contribution is -2.40. The highest BCUT2D eigenvalue weighted by molar-refractivity contribution is 7.99. The van der Waals surface area contributed by atoms with Gasteiger partial charge in [-0.25, -0.2) is 0 Å². The molecule has 1 aliphatic rings. The number of aliphatic hydroxyl groups is 1. The minimum absolute atomic E-state index is 0.276. The molecule has 3 rings (SSSR count). The molecule has 2 aromatic rings. The van der Waals surface area contributed by atoms with Gasteiger partial charge in [0.2, 0.25) is 0 Å². The van der Waals surface area contributed by atoms with Crippen LogP contribution in [0.25, 0.3) is 0 Å². The number of nitrogens with zero attached hydrogens (tertiary/aromatic N) is 2. The lowest BCUT2D eigenvalue weighted by Gasteiger charge is -2.22. The fourth-order valence-electron chi connectivity index (χ4n) is 3.62.